The highest BCUT2D eigenvalue weighted by Crippen LogP contribution is 2.37. The first-order valence-electron chi connectivity index (χ1n) is 12.2. The normalized spacial score (nSPS) is 11.3. The summed E-state index contributed by atoms with van der Waals surface area (Å²) in [5, 5.41) is 6.33. The smallest absolute Gasteiger partial charge is 0.255 e. The van der Waals surface area contributed by atoms with Crippen LogP contribution in [0.5, 0.6) is 0 Å². The Kier molecular flexibility index (Phi) is 7.25. The summed E-state index contributed by atoms with van der Waals surface area (Å²) in [6.45, 7) is 8.89. The van der Waals surface area contributed by atoms with Crippen LogP contribution in [0.2, 0.25) is 0 Å². The van der Waals surface area contributed by atoms with Gasteiger partial charge in [0.25, 0.3) is 11.8 Å². The van der Waals surface area contributed by atoms with Crippen molar-refractivity contribution in [2.24, 2.45) is 5.92 Å². The number of carbonyl (C=O) groups is 2. The van der Waals surface area contributed by atoms with E-state index in [1.165, 1.54) is 12.1 Å². The molecule has 0 aliphatic rings. The number of nitrogens with one attached hydrogen (secondary N) is 2. The second-order valence-electron chi connectivity index (χ2n) is 9.71. The molecule has 5 nitrogen and oxygen atoms in total. The van der Waals surface area contributed by atoms with E-state index < -0.39 is 0 Å². The largest absolute Gasteiger partial charge is 0.455 e. The molecule has 0 aliphatic heterocycles. The molecule has 1 heterocycles. The topological polar surface area (TPSA) is 71.3 Å². The van der Waals surface area contributed by atoms with E-state index in [0.717, 1.165) is 16.7 Å². The van der Waals surface area contributed by atoms with E-state index in [-0.39, 0.29) is 23.5 Å². The van der Waals surface area contributed by atoms with E-state index >= 15 is 0 Å². The van der Waals surface area contributed by atoms with Gasteiger partial charge in [-0.3, -0.25) is 9.59 Å². The van der Waals surface area contributed by atoms with Gasteiger partial charge in [-0.05, 0) is 77.1 Å². The van der Waals surface area contributed by atoms with Crippen molar-refractivity contribution in [3.63, 3.8) is 0 Å². The molecule has 0 aliphatic carbocycles. The van der Waals surface area contributed by atoms with Gasteiger partial charge in [0.1, 0.15) is 17.2 Å². The number of amides is 2. The highest BCUT2D eigenvalue weighted by molar-refractivity contribution is 6.11. The lowest BCUT2D eigenvalue weighted by atomic mass is 9.93. The summed E-state index contributed by atoms with van der Waals surface area (Å²) >= 11 is 0. The fourth-order valence-corrected chi connectivity index (χ4v) is 4.11. The summed E-state index contributed by atoms with van der Waals surface area (Å²) < 4.78 is 19.6. The summed E-state index contributed by atoms with van der Waals surface area (Å²) in [5.74, 6) is 0.189. The van der Waals surface area contributed by atoms with Gasteiger partial charge in [0.05, 0.1) is 5.56 Å². The molecule has 36 heavy (non-hydrogen) atoms. The van der Waals surface area contributed by atoms with Crippen LogP contribution in [0.15, 0.2) is 65.1 Å². The Morgan fingerprint density at radius 1 is 0.861 bits per heavy atom. The molecule has 0 saturated heterocycles. The fraction of sp³-hybridized carbons (Fsp3) is 0.267. The maximum Gasteiger partial charge on any atom is 0.255 e. The molecule has 0 spiro atoms. The molecule has 4 aromatic rings. The van der Waals surface area contributed by atoms with E-state index in [0.29, 0.717) is 45.9 Å². The van der Waals surface area contributed by atoms with E-state index in [2.05, 4.69) is 44.4 Å². The first-order valence-corrected chi connectivity index (χ1v) is 12.2. The second kappa shape index (κ2) is 10.4. The Morgan fingerprint density at radius 2 is 1.56 bits per heavy atom. The number of fused-ring (bicyclic) bond motifs is 1. The summed E-state index contributed by atoms with van der Waals surface area (Å²) in [5.41, 5.74) is 4.93. The standard InChI is InChI=1S/C30H31FN2O3/c1-17(2)16-33-29(34)23-13-21(18(3)4)12-22(14-23)20-8-11-26-25(15-20)27(30(35)32-5)28(36-26)19-6-9-24(31)10-7-19/h6-15,17-18H,16H2,1-5H3,(H,32,35)(H,33,34). The van der Waals surface area contributed by atoms with E-state index in [1.54, 1.807) is 19.2 Å². The van der Waals surface area contributed by atoms with Crippen LogP contribution >= 0.6 is 0 Å². The van der Waals surface area contributed by atoms with Crippen molar-refractivity contribution in [3.8, 4) is 22.5 Å². The SMILES string of the molecule is CNC(=O)c1c(-c2ccc(F)cc2)oc2ccc(-c3cc(C(=O)NCC(C)C)cc(C(C)C)c3)cc12. The molecule has 0 radical (unpaired) electrons. The van der Waals surface area contributed by atoms with Crippen LogP contribution in [0, 0.1) is 11.7 Å². The van der Waals surface area contributed by atoms with Gasteiger partial charge in [-0.15, -0.1) is 0 Å². The van der Waals surface area contributed by atoms with Gasteiger partial charge in [-0.1, -0.05) is 39.8 Å². The van der Waals surface area contributed by atoms with Crippen molar-refractivity contribution in [2.75, 3.05) is 13.6 Å². The predicted molar refractivity (Wildman–Crippen MR) is 142 cm³/mol. The average molecular weight is 487 g/mol. The molecule has 2 amide bonds. The lowest BCUT2D eigenvalue weighted by Crippen LogP contribution is -2.27. The number of hydrogen-bond acceptors (Lipinski definition) is 3. The van der Waals surface area contributed by atoms with Gasteiger partial charge < -0.3 is 15.1 Å². The minimum absolute atomic E-state index is 0.110. The lowest BCUT2D eigenvalue weighted by molar-refractivity contribution is 0.0945. The van der Waals surface area contributed by atoms with Crippen LogP contribution in [0.4, 0.5) is 4.39 Å². The minimum Gasteiger partial charge on any atom is -0.455 e. The van der Waals surface area contributed by atoms with E-state index in [1.807, 2.05) is 30.3 Å². The van der Waals surface area contributed by atoms with E-state index in [9.17, 15) is 14.0 Å². The van der Waals surface area contributed by atoms with Crippen molar-refractivity contribution in [1.82, 2.24) is 10.6 Å². The van der Waals surface area contributed by atoms with Crippen LogP contribution in [0.3, 0.4) is 0 Å². The van der Waals surface area contributed by atoms with Crippen molar-refractivity contribution in [2.45, 2.75) is 33.6 Å². The summed E-state index contributed by atoms with van der Waals surface area (Å²) in [6.07, 6.45) is 0. The Labute approximate surface area is 210 Å². The Balaban J connectivity index is 1.85. The molecule has 0 saturated carbocycles. The molecule has 2 N–H and O–H groups in total. The zero-order valence-corrected chi connectivity index (χ0v) is 21.2. The fourth-order valence-electron chi connectivity index (χ4n) is 4.11. The van der Waals surface area contributed by atoms with Gasteiger partial charge >= 0.3 is 0 Å². The molecular weight excluding hydrogens is 455 g/mol. The lowest BCUT2D eigenvalue weighted by Gasteiger charge is -2.14. The Hall–Kier alpha value is -3.93. The van der Waals surface area contributed by atoms with Crippen LogP contribution in [-0.2, 0) is 0 Å². The number of benzene rings is 3. The van der Waals surface area contributed by atoms with Gasteiger partial charge in [-0.25, -0.2) is 4.39 Å². The summed E-state index contributed by atoms with van der Waals surface area (Å²) in [7, 11) is 1.56. The molecule has 186 valence electrons. The third-order valence-corrected chi connectivity index (χ3v) is 6.14. The van der Waals surface area contributed by atoms with Crippen molar-refractivity contribution in [3.05, 3.63) is 83.2 Å². The molecule has 0 atom stereocenters. The first kappa shape index (κ1) is 25.2. The minimum atomic E-state index is -0.364. The molecule has 6 heteroatoms. The quantitative estimate of drug-likeness (QED) is 0.303. The van der Waals surface area contributed by atoms with Crippen LogP contribution < -0.4 is 10.6 Å². The molecule has 0 bridgehead atoms. The second-order valence-corrected chi connectivity index (χ2v) is 9.71. The maximum atomic E-state index is 13.5. The zero-order valence-electron chi connectivity index (χ0n) is 21.2. The molecule has 4 rings (SSSR count). The van der Waals surface area contributed by atoms with Crippen LogP contribution in [0.1, 0.15) is 59.9 Å². The third kappa shape index (κ3) is 5.18. The maximum absolute atomic E-state index is 13.5. The summed E-state index contributed by atoms with van der Waals surface area (Å²) in [6, 6.07) is 17.4. The van der Waals surface area contributed by atoms with E-state index in [4.69, 9.17) is 4.42 Å². The van der Waals surface area contributed by atoms with Gasteiger partial charge in [0, 0.05) is 30.1 Å². The Bertz CT molecular complexity index is 1420. The van der Waals surface area contributed by atoms with Crippen LogP contribution in [0.25, 0.3) is 33.4 Å². The van der Waals surface area contributed by atoms with Crippen LogP contribution in [-0.4, -0.2) is 25.4 Å². The van der Waals surface area contributed by atoms with Gasteiger partial charge in [0.2, 0.25) is 0 Å². The molecular formula is C30H31FN2O3. The average Bonchev–Trinajstić information content (AvgIpc) is 3.25. The monoisotopic (exact) mass is 486 g/mol. The molecule has 0 fully saturated rings. The highest BCUT2D eigenvalue weighted by Gasteiger charge is 2.22. The van der Waals surface area contributed by atoms with Crippen molar-refractivity contribution in [1.29, 1.82) is 0 Å². The highest BCUT2D eigenvalue weighted by atomic mass is 19.1. The number of hydrogen-bond donors (Lipinski definition) is 2. The number of halogens is 1. The molecule has 0 unspecified atom stereocenters. The van der Waals surface area contributed by atoms with Gasteiger partial charge in [0.15, 0.2) is 0 Å². The zero-order chi connectivity index (χ0) is 26.0. The molecule has 3 aromatic carbocycles. The first-order chi connectivity index (χ1) is 17.2. The van der Waals surface area contributed by atoms with Crippen molar-refractivity contribution < 1.29 is 18.4 Å². The van der Waals surface area contributed by atoms with Gasteiger partial charge in [-0.2, -0.15) is 0 Å². The molecule has 1 aromatic heterocycles. The summed E-state index contributed by atoms with van der Waals surface area (Å²) in [4.78, 5) is 25.8. The number of furan rings is 1. The predicted octanol–water partition coefficient (Wildman–Crippen LogP) is 6.77. The Morgan fingerprint density at radius 3 is 2.19 bits per heavy atom. The number of carbonyl (C=O) groups excluding carboxylic acids is 2. The number of rotatable bonds is 7. The third-order valence-electron chi connectivity index (χ3n) is 6.14. The van der Waals surface area contributed by atoms with Crippen molar-refractivity contribution >= 4 is 22.8 Å².